The normalized spacial score (nSPS) is 24.5. The largest absolute Gasteiger partial charge is 0.392 e. The molecular formula is C11H19N3O2S. The Kier molecular flexibility index (Phi) is 3.96. The number of thiocarbonyl (C=S) groups is 1. The first-order valence-electron chi connectivity index (χ1n) is 6.09. The SMILES string of the molecule is NC(=S)C1(C(=O)NN2CCOCC2)CCCC1. The highest BCUT2D eigenvalue weighted by Crippen LogP contribution is 2.38. The maximum atomic E-state index is 12.3. The van der Waals surface area contributed by atoms with Gasteiger partial charge in [0.05, 0.1) is 18.2 Å². The van der Waals surface area contributed by atoms with Crippen molar-refractivity contribution in [3.63, 3.8) is 0 Å². The molecule has 0 spiro atoms. The predicted octanol–water partition coefficient (Wildman–Crippen LogP) is 0.196. The van der Waals surface area contributed by atoms with Crippen LogP contribution in [0.3, 0.4) is 0 Å². The molecule has 1 aliphatic heterocycles. The quantitative estimate of drug-likeness (QED) is 0.707. The Balaban J connectivity index is 1.99. The molecule has 2 fully saturated rings. The van der Waals surface area contributed by atoms with Crippen molar-refractivity contribution in [2.45, 2.75) is 25.7 Å². The summed E-state index contributed by atoms with van der Waals surface area (Å²) in [5, 5.41) is 1.89. The lowest BCUT2D eigenvalue weighted by atomic mass is 9.85. The lowest BCUT2D eigenvalue weighted by Crippen LogP contribution is -2.55. The first kappa shape index (κ1) is 12.7. The number of nitrogens with zero attached hydrogens (tertiary/aromatic N) is 1. The van der Waals surface area contributed by atoms with Crippen molar-refractivity contribution < 1.29 is 9.53 Å². The minimum absolute atomic E-state index is 0.0376. The highest BCUT2D eigenvalue weighted by molar-refractivity contribution is 7.80. The van der Waals surface area contributed by atoms with Crippen molar-refractivity contribution >= 4 is 23.1 Å². The fourth-order valence-electron chi connectivity index (χ4n) is 2.49. The van der Waals surface area contributed by atoms with Crippen LogP contribution in [0, 0.1) is 5.41 Å². The number of morpholine rings is 1. The van der Waals surface area contributed by atoms with Crippen LogP contribution in [0.2, 0.25) is 0 Å². The van der Waals surface area contributed by atoms with E-state index in [-0.39, 0.29) is 5.91 Å². The van der Waals surface area contributed by atoms with E-state index in [1.165, 1.54) is 0 Å². The number of rotatable bonds is 3. The van der Waals surface area contributed by atoms with Gasteiger partial charge in [-0.25, -0.2) is 5.01 Å². The number of hydrazine groups is 1. The third-order valence-electron chi connectivity index (χ3n) is 3.63. The van der Waals surface area contributed by atoms with Crippen LogP contribution in [0.15, 0.2) is 0 Å². The maximum absolute atomic E-state index is 12.3. The van der Waals surface area contributed by atoms with Gasteiger partial charge < -0.3 is 10.5 Å². The number of ether oxygens (including phenoxy) is 1. The van der Waals surface area contributed by atoms with E-state index >= 15 is 0 Å². The van der Waals surface area contributed by atoms with E-state index in [0.717, 1.165) is 38.8 Å². The predicted molar refractivity (Wildman–Crippen MR) is 68.2 cm³/mol. The maximum Gasteiger partial charge on any atom is 0.247 e. The number of hydrogen-bond acceptors (Lipinski definition) is 4. The molecule has 0 bridgehead atoms. The summed E-state index contributed by atoms with van der Waals surface area (Å²) in [4.78, 5) is 12.6. The van der Waals surface area contributed by atoms with Crippen molar-refractivity contribution in [1.82, 2.24) is 10.4 Å². The van der Waals surface area contributed by atoms with Gasteiger partial charge in [-0.2, -0.15) is 0 Å². The van der Waals surface area contributed by atoms with Gasteiger partial charge in [0, 0.05) is 13.1 Å². The molecule has 96 valence electrons. The van der Waals surface area contributed by atoms with Crippen molar-refractivity contribution in [2.24, 2.45) is 11.1 Å². The highest BCUT2D eigenvalue weighted by atomic mass is 32.1. The average Bonchev–Trinajstić information content (AvgIpc) is 2.80. The molecule has 1 saturated heterocycles. The van der Waals surface area contributed by atoms with Gasteiger partial charge in [-0.3, -0.25) is 10.2 Å². The minimum Gasteiger partial charge on any atom is -0.392 e. The van der Waals surface area contributed by atoms with E-state index < -0.39 is 5.41 Å². The van der Waals surface area contributed by atoms with Gasteiger partial charge in [0.15, 0.2) is 0 Å². The van der Waals surface area contributed by atoms with Crippen LogP contribution in [0.4, 0.5) is 0 Å². The van der Waals surface area contributed by atoms with Crippen LogP contribution in [-0.4, -0.2) is 42.2 Å². The number of nitrogens with one attached hydrogen (secondary N) is 1. The number of hydrogen-bond donors (Lipinski definition) is 2. The van der Waals surface area contributed by atoms with Crippen molar-refractivity contribution in [2.75, 3.05) is 26.3 Å². The van der Waals surface area contributed by atoms with E-state index in [1.807, 2.05) is 5.01 Å². The molecule has 0 aromatic rings. The van der Waals surface area contributed by atoms with Crippen LogP contribution >= 0.6 is 12.2 Å². The van der Waals surface area contributed by atoms with E-state index in [1.54, 1.807) is 0 Å². The Morgan fingerprint density at radius 1 is 1.29 bits per heavy atom. The molecule has 17 heavy (non-hydrogen) atoms. The van der Waals surface area contributed by atoms with Gasteiger partial charge in [0.2, 0.25) is 5.91 Å². The summed E-state index contributed by atoms with van der Waals surface area (Å²) in [5.74, 6) is -0.0376. The standard InChI is InChI=1S/C11H19N3O2S/c12-9(17)11(3-1-2-4-11)10(15)13-14-5-7-16-8-6-14/h1-8H2,(H2,12,17)(H,13,15). The fraction of sp³-hybridized carbons (Fsp3) is 0.818. The average molecular weight is 257 g/mol. The number of carbonyl (C=O) groups excluding carboxylic acids is 1. The zero-order chi connectivity index (χ0) is 12.3. The van der Waals surface area contributed by atoms with Crippen LogP contribution in [0.5, 0.6) is 0 Å². The van der Waals surface area contributed by atoms with Crippen LogP contribution < -0.4 is 11.2 Å². The van der Waals surface area contributed by atoms with Gasteiger partial charge in [-0.1, -0.05) is 25.1 Å². The van der Waals surface area contributed by atoms with Crippen LogP contribution in [0.25, 0.3) is 0 Å². The number of carbonyl (C=O) groups is 1. The smallest absolute Gasteiger partial charge is 0.247 e. The van der Waals surface area contributed by atoms with Gasteiger partial charge >= 0.3 is 0 Å². The summed E-state index contributed by atoms with van der Waals surface area (Å²) >= 11 is 5.09. The molecule has 1 aliphatic carbocycles. The molecule has 0 aromatic carbocycles. The van der Waals surface area contributed by atoms with Crippen molar-refractivity contribution in [3.8, 4) is 0 Å². The second-order valence-corrected chi connectivity index (χ2v) is 5.13. The summed E-state index contributed by atoms with van der Waals surface area (Å²) in [6, 6.07) is 0. The molecule has 5 nitrogen and oxygen atoms in total. The van der Waals surface area contributed by atoms with Gasteiger partial charge in [0.25, 0.3) is 0 Å². The van der Waals surface area contributed by atoms with Gasteiger partial charge in [-0.15, -0.1) is 0 Å². The molecule has 1 saturated carbocycles. The summed E-state index contributed by atoms with van der Waals surface area (Å²) in [6.45, 7) is 2.75. The zero-order valence-corrected chi connectivity index (χ0v) is 10.7. The summed E-state index contributed by atoms with van der Waals surface area (Å²) in [7, 11) is 0. The van der Waals surface area contributed by atoms with E-state index in [2.05, 4.69) is 5.43 Å². The van der Waals surface area contributed by atoms with E-state index in [9.17, 15) is 4.79 Å². The molecule has 0 unspecified atom stereocenters. The minimum atomic E-state index is -0.617. The lowest BCUT2D eigenvalue weighted by molar-refractivity contribution is -0.134. The van der Waals surface area contributed by atoms with E-state index in [0.29, 0.717) is 18.2 Å². The Morgan fingerprint density at radius 3 is 2.41 bits per heavy atom. The molecular weight excluding hydrogens is 238 g/mol. The van der Waals surface area contributed by atoms with Crippen molar-refractivity contribution in [1.29, 1.82) is 0 Å². The van der Waals surface area contributed by atoms with Crippen molar-refractivity contribution in [3.05, 3.63) is 0 Å². The van der Waals surface area contributed by atoms with Gasteiger partial charge in [-0.05, 0) is 12.8 Å². The molecule has 0 aromatic heterocycles. The Morgan fingerprint density at radius 2 is 1.88 bits per heavy atom. The Labute approximate surface area is 107 Å². The Hall–Kier alpha value is -0.720. The van der Waals surface area contributed by atoms with Crippen LogP contribution in [0.1, 0.15) is 25.7 Å². The fourth-order valence-corrected chi connectivity index (χ4v) is 2.79. The summed E-state index contributed by atoms with van der Waals surface area (Å²) < 4.78 is 5.24. The molecule has 0 atom stereocenters. The van der Waals surface area contributed by atoms with Crippen LogP contribution in [-0.2, 0) is 9.53 Å². The third-order valence-corrected chi connectivity index (χ3v) is 4.02. The third kappa shape index (κ3) is 2.59. The number of nitrogens with two attached hydrogens (primary N) is 1. The summed E-state index contributed by atoms with van der Waals surface area (Å²) in [5.41, 5.74) is 8.08. The molecule has 2 aliphatic rings. The first-order chi connectivity index (χ1) is 8.15. The summed E-state index contributed by atoms with van der Waals surface area (Å²) in [6.07, 6.45) is 3.60. The molecule has 1 heterocycles. The molecule has 3 N–H and O–H groups in total. The first-order valence-corrected chi connectivity index (χ1v) is 6.50. The lowest BCUT2D eigenvalue weighted by Gasteiger charge is -2.32. The second-order valence-electron chi connectivity index (χ2n) is 4.69. The van der Waals surface area contributed by atoms with E-state index in [4.69, 9.17) is 22.7 Å². The van der Waals surface area contributed by atoms with Gasteiger partial charge in [0.1, 0.15) is 5.41 Å². The topological polar surface area (TPSA) is 67.6 Å². The molecule has 6 heteroatoms. The number of amides is 1. The molecule has 2 rings (SSSR count). The molecule has 0 radical (unpaired) electrons. The monoisotopic (exact) mass is 257 g/mol. The second kappa shape index (κ2) is 5.29. The Bertz CT molecular complexity index is 310. The zero-order valence-electron chi connectivity index (χ0n) is 9.91. The highest BCUT2D eigenvalue weighted by Gasteiger charge is 2.44. The molecule has 1 amide bonds.